The highest BCUT2D eigenvalue weighted by atomic mass is 19.1. The highest BCUT2D eigenvalue weighted by Crippen LogP contribution is 2.37. The van der Waals surface area contributed by atoms with Gasteiger partial charge in [0.25, 0.3) is 0 Å². The lowest BCUT2D eigenvalue weighted by Gasteiger charge is -2.25. The van der Waals surface area contributed by atoms with Crippen LogP contribution in [-0.4, -0.2) is 26.3 Å². The lowest BCUT2D eigenvalue weighted by atomic mass is 9.91. The van der Waals surface area contributed by atoms with Crippen molar-refractivity contribution < 1.29 is 13.9 Å². The number of benzene rings is 1. The third-order valence-electron chi connectivity index (χ3n) is 3.39. The maximum atomic E-state index is 13.9. The highest BCUT2D eigenvalue weighted by molar-refractivity contribution is 5.46. The largest absolute Gasteiger partial charge is 0.486 e. The van der Waals surface area contributed by atoms with Crippen molar-refractivity contribution in [2.75, 3.05) is 26.3 Å². The molecular formula is C13H16FNO2. The minimum absolute atomic E-state index is 0.267. The predicted octanol–water partition coefficient (Wildman–Crippen LogP) is 2.06. The third-order valence-corrected chi connectivity index (χ3v) is 3.39. The number of nitrogens with one attached hydrogen (secondary N) is 1. The Morgan fingerprint density at radius 2 is 2.12 bits per heavy atom. The molecule has 3 nitrogen and oxygen atoms in total. The van der Waals surface area contributed by atoms with Crippen LogP contribution in [0.15, 0.2) is 12.1 Å². The number of halogens is 1. The van der Waals surface area contributed by atoms with Gasteiger partial charge in [-0.2, -0.15) is 0 Å². The summed E-state index contributed by atoms with van der Waals surface area (Å²) in [6, 6.07) is 3.51. The van der Waals surface area contributed by atoms with E-state index in [-0.39, 0.29) is 11.6 Å². The first kappa shape index (κ1) is 10.8. The van der Waals surface area contributed by atoms with Gasteiger partial charge in [-0.25, -0.2) is 4.39 Å². The molecule has 0 aliphatic carbocycles. The van der Waals surface area contributed by atoms with Crippen molar-refractivity contribution in [2.24, 2.45) is 0 Å². The van der Waals surface area contributed by atoms with Gasteiger partial charge in [-0.1, -0.05) is 0 Å². The second-order valence-electron chi connectivity index (χ2n) is 4.57. The van der Waals surface area contributed by atoms with Gasteiger partial charge in [0.1, 0.15) is 13.2 Å². The summed E-state index contributed by atoms with van der Waals surface area (Å²) in [5, 5.41) is 3.34. The van der Waals surface area contributed by atoms with Crippen LogP contribution in [-0.2, 0) is 0 Å². The molecule has 2 aliphatic rings. The van der Waals surface area contributed by atoms with Gasteiger partial charge in [0.15, 0.2) is 17.3 Å². The lowest BCUT2D eigenvalue weighted by Crippen LogP contribution is -2.28. The third kappa shape index (κ3) is 2.09. The Bertz CT molecular complexity index is 416. The van der Waals surface area contributed by atoms with Crippen molar-refractivity contribution in [1.82, 2.24) is 5.32 Å². The molecule has 0 spiro atoms. The predicted molar refractivity (Wildman–Crippen MR) is 62.2 cm³/mol. The average Bonchev–Trinajstić information content (AvgIpc) is 2.40. The molecule has 1 aromatic carbocycles. The fraction of sp³-hybridized carbons (Fsp3) is 0.538. The van der Waals surface area contributed by atoms with Gasteiger partial charge in [0, 0.05) is 6.54 Å². The van der Waals surface area contributed by atoms with Crippen LogP contribution in [0.25, 0.3) is 0 Å². The number of fused-ring (bicyclic) bond motifs is 1. The van der Waals surface area contributed by atoms with Gasteiger partial charge in [-0.15, -0.1) is 0 Å². The highest BCUT2D eigenvalue weighted by Gasteiger charge is 2.22. The van der Waals surface area contributed by atoms with Crippen LogP contribution < -0.4 is 14.8 Å². The van der Waals surface area contributed by atoms with E-state index in [9.17, 15) is 4.39 Å². The molecule has 4 heteroatoms. The van der Waals surface area contributed by atoms with E-state index in [1.54, 1.807) is 6.07 Å². The maximum absolute atomic E-state index is 13.9. The van der Waals surface area contributed by atoms with Crippen LogP contribution in [0, 0.1) is 5.82 Å². The second kappa shape index (κ2) is 4.53. The van der Waals surface area contributed by atoms with Crippen LogP contribution in [0.5, 0.6) is 11.5 Å². The molecule has 0 amide bonds. The number of ether oxygens (including phenoxy) is 2. The monoisotopic (exact) mass is 237 g/mol. The van der Waals surface area contributed by atoms with Crippen LogP contribution in [0.3, 0.4) is 0 Å². The van der Waals surface area contributed by atoms with Crippen molar-refractivity contribution in [3.8, 4) is 11.5 Å². The molecule has 0 radical (unpaired) electrons. The van der Waals surface area contributed by atoms with Gasteiger partial charge in [-0.3, -0.25) is 0 Å². The first-order valence-corrected chi connectivity index (χ1v) is 6.14. The molecule has 3 rings (SSSR count). The zero-order valence-electron chi connectivity index (χ0n) is 9.67. The van der Waals surface area contributed by atoms with Crippen molar-refractivity contribution in [1.29, 1.82) is 0 Å². The molecule has 2 heterocycles. The van der Waals surface area contributed by atoms with E-state index in [0.717, 1.165) is 31.5 Å². The van der Waals surface area contributed by atoms with Crippen LogP contribution in [0.1, 0.15) is 24.3 Å². The van der Waals surface area contributed by atoms with Gasteiger partial charge in [0.2, 0.25) is 0 Å². The fourth-order valence-corrected chi connectivity index (χ4v) is 2.50. The van der Waals surface area contributed by atoms with Crippen LogP contribution in [0.4, 0.5) is 4.39 Å². The van der Waals surface area contributed by atoms with Gasteiger partial charge in [0.05, 0.1) is 0 Å². The van der Waals surface area contributed by atoms with Gasteiger partial charge in [-0.05, 0) is 43.0 Å². The first-order chi connectivity index (χ1) is 8.34. The van der Waals surface area contributed by atoms with E-state index >= 15 is 0 Å². The second-order valence-corrected chi connectivity index (χ2v) is 4.57. The molecule has 1 atom stereocenters. The molecule has 0 bridgehead atoms. The molecule has 2 aliphatic heterocycles. The molecule has 17 heavy (non-hydrogen) atoms. The quantitative estimate of drug-likeness (QED) is 0.811. The summed E-state index contributed by atoms with van der Waals surface area (Å²) in [7, 11) is 0. The normalized spacial score (nSPS) is 23.5. The van der Waals surface area contributed by atoms with E-state index in [1.165, 1.54) is 0 Å². The summed E-state index contributed by atoms with van der Waals surface area (Å²) in [5.41, 5.74) is 1.01. The van der Waals surface area contributed by atoms with Crippen LogP contribution in [0.2, 0.25) is 0 Å². The molecule has 1 unspecified atom stereocenters. The van der Waals surface area contributed by atoms with Crippen molar-refractivity contribution in [2.45, 2.75) is 18.8 Å². The molecule has 0 aromatic heterocycles. The topological polar surface area (TPSA) is 30.5 Å². The summed E-state index contributed by atoms with van der Waals surface area (Å²) >= 11 is 0. The summed E-state index contributed by atoms with van der Waals surface area (Å²) in [5.74, 6) is 0.900. The Morgan fingerprint density at radius 1 is 1.24 bits per heavy atom. The zero-order chi connectivity index (χ0) is 11.7. The molecule has 0 saturated carbocycles. The SMILES string of the molecule is Fc1cc(C2CCCNC2)cc2c1OCCO2. The molecule has 1 N–H and O–H groups in total. The van der Waals surface area contributed by atoms with Crippen molar-refractivity contribution in [3.05, 3.63) is 23.5 Å². The van der Waals surface area contributed by atoms with E-state index in [1.807, 2.05) is 6.07 Å². The Labute approximate surface area is 99.9 Å². The molecule has 1 fully saturated rings. The van der Waals surface area contributed by atoms with E-state index in [2.05, 4.69) is 5.32 Å². The summed E-state index contributed by atoms with van der Waals surface area (Å²) < 4.78 is 24.6. The van der Waals surface area contributed by atoms with E-state index in [4.69, 9.17) is 9.47 Å². The minimum atomic E-state index is -0.303. The maximum Gasteiger partial charge on any atom is 0.197 e. The molecule has 1 aromatic rings. The van der Waals surface area contributed by atoms with Crippen LogP contribution >= 0.6 is 0 Å². The molecule has 92 valence electrons. The van der Waals surface area contributed by atoms with Crippen molar-refractivity contribution >= 4 is 0 Å². The fourth-order valence-electron chi connectivity index (χ4n) is 2.50. The standard InChI is InChI=1S/C13H16FNO2/c14-11-6-10(9-2-1-3-15-8-9)7-12-13(11)17-5-4-16-12/h6-7,9,15H,1-5,8H2. The van der Waals surface area contributed by atoms with Crippen molar-refractivity contribution in [3.63, 3.8) is 0 Å². The Balaban J connectivity index is 1.92. The Kier molecular flexibility index (Phi) is 2.89. The number of rotatable bonds is 1. The minimum Gasteiger partial charge on any atom is -0.486 e. The lowest BCUT2D eigenvalue weighted by molar-refractivity contribution is 0.164. The Morgan fingerprint density at radius 3 is 2.94 bits per heavy atom. The van der Waals surface area contributed by atoms with E-state index in [0.29, 0.717) is 24.9 Å². The molecular weight excluding hydrogens is 221 g/mol. The average molecular weight is 237 g/mol. The van der Waals surface area contributed by atoms with E-state index < -0.39 is 0 Å². The zero-order valence-corrected chi connectivity index (χ0v) is 9.67. The summed E-state index contributed by atoms with van der Waals surface area (Å²) in [6.45, 7) is 2.90. The Hall–Kier alpha value is -1.29. The first-order valence-electron chi connectivity index (χ1n) is 6.14. The number of hydrogen-bond donors (Lipinski definition) is 1. The number of hydrogen-bond acceptors (Lipinski definition) is 3. The number of piperidine rings is 1. The van der Waals surface area contributed by atoms with Gasteiger partial charge >= 0.3 is 0 Å². The smallest absolute Gasteiger partial charge is 0.197 e. The summed E-state index contributed by atoms with van der Waals surface area (Å²) in [4.78, 5) is 0. The summed E-state index contributed by atoms with van der Waals surface area (Å²) in [6.07, 6.45) is 2.24. The molecule has 1 saturated heterocycles. The van der Waals surface area contributed by atoms with Gasteiger partial charge < -0.3 is 14.8 Å².